The summed E-state index contributed by atoms with van der Waals surface area (Å²) in [5.74, 6) is -7.66. The standard InChI is InChI=1S/C26H26N4O9/c1-30(2)19-14-6-11-5-13-10(7-28-25(37)12-8-29-39-9-12)3-4-15(31)17(13)20(32)16(11)22(34)26(14,38)23(35)18(21(19)33)24(27)36/h3-4,8-9,11,14,19,31,33-34,38H,5-7H2,1-2H3,(H2,27,36)(H,28,37)/t11-,14-,19-,26-/m0/s1. The maximum Gasteiger partial charge on any atom is 0.256 e. The number of fused-ring (bicyclic) bond motifs is 3. The van der Waals surface area contributed by atoms with Crippen molar-refractivity contribution in [2.75, 3.05) is 14.1 Å². The van der Waals surface area contributed by atoms with Crippen LogP contribution in [-0.2, 0) is 22.6 Å². The summed E-state index contributed by atoms with van der Waals surface area (Å²) >= 11 is 0. The molecule has 0 saturated carbocycles. The van der Waals surface area contributed by atoms with Crippen molar-refractivity contribution >= 4 is 23.4 Å². The Labute approximate surface area is 221 Å². The first kappa shape index (κ1) is 26.1. The number of carbonyl (C=O) groups excluding carboxylic acids is 4. The van der Waals surface area contributed by atoms with Gasteiger partial charge >= 0.3 is 0 Å². The molecule has 0 saturated heterocycles. The number of carbonyl (C=O) groups is 4. The highest BCUT2D eigenvalue weighted by atomic mass is 16.5. The molecule has 39 heavy (non-hydrogen) atoms. The van der Waals surface area contributed by atoms with E-state index < -0.39 is 64.0 Å². The van der Waals surface area contributed by atoms with Crippen LogP contribution in [0.3, 0.4) is 0 Å². The molecule has 1 aromatic heterocycles. The van der Waals surface area contributed by atoms with Gasteiger partial charge in [0.2, 0.25) is 5.78 Å². The molecule has 0 spiro atoms. The van der Waals surface area contributed by atoms with Gasteiger partial charge in [-0.15, -0.1) is 0 Å². The zero-order valence-electron chi connectivity index (χ0n) is 21.0. The van der Waals surface area contributed by atoms with E-state index in [0.29, 0.717) is 11.1 Å². The number of rotatable bonds is 5. The summed E-state index contributed by atoms with van der Waals surface area (Å²) in [7, 11) is 3.11. The molecule has 4 atom stereocenters. The van der Waals surface area contributed by atoms with E-state index in [9.17, 15) is 39.6 Å². The number of aliphatic hydroxyl groups excluding tert-OH is 2. The van der Waals surface area contributed by atoms with Crippen LogP contribution in [0.5, 0.6) is 5.75 Å². The number of allylic oxidation sites excluding steroid dienone is 1. The average molecular weight is 539 g/mol. The molecule has 0 aliphatic heterocycles. The third-order valence-electron chi connectivity index (χ3n) is 7.84. The van der Waals surface area contributed by atoms with Crippen LogP contribution in [0.2, 0.25) is 0 Å². The Morgan fingerprint density at radius 1 is 1.23 bits per heavy atom. The van der Waals surface area contributed by atoms with Gasteiger partial charge < -0.3 is 36.0 Å². The zero-order chi connectivity index (χ0) is 28.4. The lowest BCUT2D eigenvalue weighted by molar-refractivity contribution is -0.148. The van der Waals surface area contributed by atoms with Crippen molar-refractivity contribution in [2.24, 2.45) is 17.6 Å². The molecule has 13 nitrogen and oxygen atoms in total. The Kier molecular flexibility index (Phi) is 6.07. The Hall–Kier alpha value is -4.49. The van der Waals surface area contributed by atoms with E-state index in [4.69, 9.17) is 5.73 Å². The average Bonchev–Trinajstić information content (AvgIpc) is 3.40. The van der Waals surface area contributed by atoms with Crippen LogP contribution >= 0.6 is 0 Å². The van der Waals surface area contributed by atoms with Gasteiger partial charge in [0.05, 0.1) is 23.4 Å². The molecular formula is C26H26N4O9. The van der Waals surface area contributed by atoms with E-state index in [1.807, 2.05) is 0 Å². The number of primary amides is 1. The van der Waals surface area contributed by atoms with Crippen LogP contribution in [0.1, 0.15) is 38.3 Å². The first-order valence-corrected chi connectivity index (χ1v) is 12.1. The zero-order valence-corrected chi connectivity index (χ0v) is 21.0. The predicted octanol–water partition coefficient (Wildman–Crippen LogP) is 0.0386. The minimum Gasteiger partial charge on any atom is -0.510 e. The van der Waals surface area contributed by atoms with Crippen LogP contribution in [0, 0.1) is 11.8 Å². The number of phenols is 1. The third-order valence-corrected chi connectivity index (χ3v) is 7.84. The normalized spacial score (nSPS) is 26.3. The van der Waals surface area contributed by atoms with E-state index in [1.54, 1.807) is 20.2 Å². The molecule has 0 unspecified atom stereocenters. The molecule has 3 aliphatic carbocycles. The van der Waals surface area contributed by atoms with Crippen molar-refractivity contribution in [2.45, 2.75) is 31.0 Å². The van der Waals surface area contributed by atoms with Crippen molar-refractivity contribution in [3.8, 4) is 5.75 Å². The van der Waals surface area contributed by atoms with Crippen molar-refractivity contribution in [1.29, 1.82) is 0 Å². The molecule has 3 aliphatic rings. The van der Waals surface area contributed by atoms with Gasteiger partial charge in [0.1, 0.15) is 29.1 Å². The van der Waals surface area contributed by atoms with Gasteiger partial charge in [-0.3, -0.25) is 24.1 Å². The molecular weight excluding hydrogens is 512 g/mol. The highest BCUT2D eigenvalue weighted by molar-refractivity contribution is 6.24. The number of nitrogens with two attached hydrogens (primary N) is 1. The van der Waals surface area contributed by atoms with Crippen LogP contribution in [0.4, 0.5) is 0 Å². The Morgan fingerprint density at radius 3 is 2.56 bits per heavy atom. The van der Waals surface area contributed by atoms with Gasteiger partial charge in [0.15, 0.2) is 11.4 Å². The number of nitrogens with zero attached hydrogens (tertiary/aromatic N) is 2. The van der Waals surface area contributed by atoms with Crippen molar-refractivity contribution in [3.63, 3.8) is 0 Å². The van der Waals surface area contributed by atoms with E-state index in [1.165, 1.54) is 23.4 Å². The Morgan fingerprint density at radius 2 is 1.95 bits per heavy atom. The van der Waals surface area contributed by atoms with Crippen molar-refractivity contribution in [1.82, 2.24) is 15.4 Å². The first-order chi connectivity index (χ1) is 18.4. The van der Waals surface area contributed by atoms with Crippen LogP contribution in [0.25, 0.3) is 0 Å². The number of hydrogen-bond donors (Lipinski definition) is 6. The summed E-state index contributed by atoms with van der Waals surface area (Å²) in [6.45, 7) is -0.00463. The number of ketones is 2. The fourth-order valence-electron chi connectivity index (χ4n) is 6.08. The Bertz CT molecular complexity index is 1490. The maximum atomic E-state index is 13.7. The van der Waals surface area contributed by atoms with Gasteiger partial charge in [-0.05, 0) is 50.0 Å². The van der Waals surface area contributed by atoms with Gasteiger partial charge in [-0.25, -0.2) is 0 Å². The number of phenolic OH excluding ortho intramolecular Hbond substituents is 1. The fourth-order valence-corrected chi connectivity index (χ4v) is 6.08. The third kappa shape index (κ3) is 3.72. The van der Waals surface area contributed by atoms with Gasteiger partial charge in [-0.2, -0.15) is 0 Å². The second-order valence-corrected chi connectivity index (χ2v) is 10.2. The second kappa shape index (κ2) is 9.06. The monoisotopic (exact) mass is 538 g/mol. The molecule has 0 radical (unpaired) electrons. The highest BCUT2D eigenvalue weighted by Crippen LogP contribution is 2.52. The number of likely N-dealkylation sites (N-methyl/N-ethyl adjacent to an activating group) is 1. The molecule has 1 aromatic carbocycles. The number of aromatic hydroxyl groups is 1. The lowest BCUT2D eigenvalue weighted by atomic mass is 9.58. The number of nitrogens with one attached hydrogen (secondary N) is 1. The van der Waals surface area contributed by atoms with Crippen molar-refractivity contribution in [3.05, 3.63) is 69.5 Å². The summed E-state index contributed by atoms with van der Waals surface area (Å²) < 4.78 is 4.68. The van der Waals surface area contributed by atoms with Crippen LogP contribution in [-0.4, -0.2) is 79.6 Å². The number of benzene rings is 1. The summed E-state index contributed by atoms with van der Waals surface area (Å²) in [4.78, 5) is 52.9. The predicted molar refractivity (Wildman–Crippen MR) is 131 cm³/mol. The number of Topliss-reactive ketones (excluding diaryl/α,β-unsaturated/α-hetero) is 2. The quantitative estimate of drug-likeness (QED) is 0.279. The maximum absolute atomic E-state index is 13.7. The van der Waals surface area contributed by atoms with E-state index in [2.05, 4.69) is 15.0 Å². The topological polar surface area (TPSA) is 217 Å². The minimum atomic E-state index is -2.70. The Balaban J connectivity index is 1.59. The molecule has 2 aromatic rings. The number of hydrogen-bond acceptors (Lipinski definition) is 11. The molecule has 0 fully saturated rings. The summed E-state index contributed by atoms with van der Waals surface area (Å²) in [6.07, 6.45) is 2.50. The molecule has 204 valence electrons. The van der Waals surface area contributed by atoms with Crippen LogP contribution in [0.15, 0.2) is 51.8 Å². The molecule has 7 N–H and O–H groups in total. The van der Waals surface area contributed by atoms with E-state index in [0.717, 1.165) is 0 Å². The summed E-state index contributed by atoms with van der Waals surface area (Å²) in [5, 5.41) is 50.6. The number of aliphatic hydroxyl groups is 3. The SMILES string of the molecule is CN(C)[C@@H]1C(O)=C(C(N)=O)C(=O)[C@@]2(O)C(O)=C3C(=O)c4c(O)ccc(CNC(=O)c5cnoc5)c4C[C@H]3C[C@@H]12. The highest BCUT2D eigenvalue weighted by Gasteiger charge is 2.63. The minimum absolute atomic E-state index is 0.00463. The van der Waals surface area contributed by atoms with Gasteiger partial charge in [0.25, 0.3) is 11.8 Å². The van der Waals surface area contributed by atoms with Gasteiger partial charge in [0, 0.05) is 18.0 Å². The van der Waals surface area contributed by atoms with E-state index >= 15 is 0 Å². The number of aromatic nitrogens is 1. The molecule has 2 amide bonds. The van der Waals surface area contributed by atoms with E-state index in [-0.39, 0.29) is 41.8 Å². The second-order valence-electron chi connectivity index (χ2n) is 10.2. The summed E-state index contributed by atoms with van der Waals surface area (Å²) in [6, 6.07) is 1.75. The fraction of sp³-hybridized carbons (Fsp3) is 0.346. The van der Waals surface area contributed by atoms with Gasteiger partial charge in [-0.1, -0.05) is 11.2 Å². The van der Waals surface area contributed by atoms with Crippen LogP contribution < -0.4 is 11.1 Å². The smallest absolute Gasteiger partial charge is 0.256 e. The van der Waals surface area contributed by atoms with Crippen molar-refractivity contribution < 1.29 is 44.1 Å². The largest absolute Gasteiger partial charge is 0.510 e. The molecule has 13 heteroatoms. The summed E-state index contributed by atoms with van der Waals surface area (Å²) in [5.41, 5.74) is 2.53. The first-order valence-electron chi connectivity index (χ1n) is 12.1. The molecule has 1 heterocycles. The lowest BCUT2D eigenvalue weighted by Gasteiger charge is -2.50. The lowest BCUT2D eigenvalue weighted by Crippen LogP contribution is -2.63. The molecule has 5 rings (SSSR count). The number of amides is 2. The molecule has 0 bridgehead atoms.